The molecule has 1 N–H and O–H groups in total. The Morgan fingerprint density at radius 1 is 1.00 bits per heavy atom. The molecule has 9 atom stereocenters. The lowest BCUT2D eigenvalue weighted by molar-refractivity contribution is -0.146. The second-order valence-corrected chi connectivity index (χ2v) is 12.6. The fourth-order valence-corrected chi connectivity index (χ4v) is 8.97. The number of hydrogen-bond acceptors (Lipinski definition) is 2. The Labute approximate surface area is 179 Å². The minimum atomic E-state index is -0.0809. The van der Waals surface area contributed by atoms with Gasteiger partial charge in [-0.2, -0.15) is 0 Å². The largest absolute Gasteiger partial charge is 0.393 e. The van der Waals surface area contributed by atoms with Crippen LogP contribution in [0.3, 0.4) is 0 Å². The molecule has 29 heavy (non-hydrogen) atoms. The van der Waals surface area contributed by atoms with E-state index in [0.717, 1.165) is 25.2 Å². The highest BCUT2D eigenvalue weighted by molar-refractivity contribution is 5.85. The standard InChI is InChI=1S/C27H46O2/c1-17(2)7-6-8-18(3)23-16-24(29)25-21-10-9-19-15-20(28)11-13-26(19,4)22(21)12-14-27(23,25)5/h17-23,25,28H,6-16H2,1-5H3/t18-,19+,20+,21-,22+,23-,25+,26+,27-/m1/s1. The first-order valence-corrected chi connectivity index (χ1v) is 12.9. The molecule has 2 nitrogen and oxygen atoms in total. The molecule has 0 aliphatic heterocycles. The molecule has 0 aromatic carbocycles. The van der Waals surface area contributed by atoms with Crippen LogP contribution in [0, 0.1) is 52.3 Å². The van der Waals surface area contributed by atoms with Crippen molar-refractivity contribution in [2.24, 2.45) is 52.3 Å². The molecule has 0 saturated heterocycles. The number of aliphatic hydroxyl groups excluding tert-OH is 1. The van der Waals surface area contributed by atoms with Gasteiger partial charge in [-0.3, -0.25) is 4.79 Å². The molecule has 0 aromatic heterocycles. The van der Waals surface area contributed by atoms with E-state index < -0.39 is 0 Å². The molecule has 0 heterocycles. The molecular formula is C27H46O2. The third kappa shape index (κ3) is 3.64. The number of aliphatic hydroxyl groups is 1. The predicted molar refractivity (Wildman–Crippen MR) is 119 cm³/mol. The van der Waals surface area contributed by atoms with Crippen molar-refractivity contribution >= 4 is 5.78 Å². The number of Topliss-reactive ketones (excluding diaryl/α,β-unsaturated/α-hetero) is 1. The zero-order valence-electron chi connectivity index (χ0n) is 19.8. The van der Waals surface area contributed by atoms with Crippen molar-refractivity contribution in [2.45, 2.75) is 111 Å². The molecule has 0 radical (unpaired) electrons. The van der Waals surface area contributed by atoms with Crippen molar-refractivity contribution in [3.63, 3.8) is 0 Å². The number of rotatable bonds is 5. The normalized spacial score (nSPS) is 48.2. The van der Waals surface area contributed by atoms with Crippen LogP contribution < -0.4 is 0 Å². The van der Waals surface area contributed by atoms with Gasteiger partial charge in [0.1, 0.15) is 5.78 Å². The molecule has 4 saturated carbocycles. The van der Waals surface area contributed by atoms with Gasteiger partial charge in [0.25, 0.3) is 0 Å². The summed E-state index contributed by atoms with van der Waals surface area (Å²) < 4.78 is 0. The third-order valence-corrected chi connectivity index (χ3v) is 10.6. The van der Waals surface area contributed by atoms with Crippen LogP contribution in [0.4, 0.5) is 0 Å². The van der Waals surface area contributed by atoms with Crippen LogP contribution >= 0.6 is 0 Å². The molecule has 4 aliphatic carbocycles. The third-order valence-electron chi connectivity index (χ3n) is 10.6. The quantitative estimate of drug-likeness (QED) is 0.559. The topological polar surface area (TPSA) is 37.3 Å². The summed E-state index contributed by atoms with van der Waals surface area (Å²) in [6.07, 6.45) is 12.9. The van der Waals surface area contributed by atoms with E-state index in [9.17, 15) is 9.90 Å². The average Bonchev–Trinajstić information content (AvgIpc) is 2.93. The molecular weight excluding hydrogens is 356 g/mol. The lowest BCUT2D eigenvalue weighted by Gasteiger charge is -2.60. The second kappa shape index (κ2) is 7.95. The molecule has 0 unspecified atom stereocenters. The maximum Gasteiger partial charge on any atom is 0.137 e. The molecule has 0 bridgehead atoms. The summed E-state index contributed by atoms with van der Waals surface area (Å²) in [5.41, 5.74) is 0.609. The summed E-state index contributed by atoms with van der Waals surface area (Å²) in [5, 5.41) is 10.2. The smallest absolute Gasteiger partial charge is 0.137 e. The van der Waals surface area contributed by atoms with Crippen molar-refractivity contribution < 1.29 is 9.90 Å². The highest BCUT2D eigenvalue weighted by Gasteiger charge is 2.63. The molecule has 0 spiro atoms. The lowest BCUT2D eigenvalue weighted by atomic mass is 9.44. The number of carbonyl (C=O) groups excluding carboxylic acids is 1. The van der Waals surface area contributed by atoms with Gasteiger partial charge >= 0.3 is 0 Å². The maximum atomic E-state index is 13.4. The van der Waals surface area contributed by atoms with Crippen LogP contribution in [0.5, 0.6) is 0 Å². The van der Waals surface area contributed by atoms with E-state index in [1.54, 1.807) is 0 Å². The Morgan fingerprint density at radius 2 is 1.72 bits per heavy atom. The van der Waals surface area contributed by atoms with Gasteiger partial charge < -0.3 is 5.11 Å². The van der Waals surface area contributed by atoms with Gasteiger partial charge in [-0.15, -0.1) is 0 Å². The van der Waals surface area contributed by atoms with Crippen molar-refractivity contribution in [3.8, 4) is 0 Å². The second-order valence-electron chi connectivity index (χ2n) is 12.6. The van der Waals surface area contributed by atoms with E-state index in [0.29, 0.717) is 46.7 Å². The minimum absolute atomic E-state index is 0.0809. The van der Waals surface area contributed by atoms with Crippen LogP contribution in [-0.2, 0) is 4.79 Å². The van der Waals surface area contributed by atoms with Gasteiger partial charge in [0.2, 0.25) is 0 Å². The lowest BCUT2D eigenvalue weighted by Crippen LogP contribution is -2.55. The summed E-state index contributed by atoms with van der Waals surface area (Å²) in [7, 11) is 0. The number of carbonyl (C=O) groups is 1. The summed E-state index contributed by atoms with van der Waals surface area (Å²) in [6, 6.07) is 0. The highest BCUT2D eigenvalue weighted by Crippen LogP contribution is 2.67. The number of ketones is 1. The van der Waals surface area contributed by atoms with Crippen LogP contribution in [-0.4, -0.2) is 17.0 Å². The van der Waals surface area contributed by atoms with Crippen molar-refractivity contribution in [3.05, 3.63) is 0 Å². The Hall–Kier alpha value is -0.370. The van der Waals surface area contributed by atoms with Crippen LogP contribution in [0.15, 0.2) is 0 Å². The average molecular weight is 403 g/mol. The van der Waals surface area contributed by atoms with Gasteiger partial charge in [-0.05, 0) is 91.3 Å². The van der Waals surface area contributed by atoms with E-state index in [2.05, 4.69) is 34.6 Å². The van der Waals surface area contributed by atoms with E-state index in [4.69, 9.17) is 0 Å². The van der Waals surface area contributed by atoms with Gasteiger partial charge in [0, 0.05) is 12.3 Å². The minimum Gasteiger partial charge on any atom is -0.393 e. The fraction of sp³-hybridized carbons (Fsp3) is 0.963. The van der Waals surface area contributed by atoms with Gasteiger partial charge in [0.05, 0.1) is 6.10 Å². The van der Waals surface area contributed by atoms with E-state index >= 15 is 0 Å². The van der Waals surface area contributed by atoms with Crippen LogP contribution in [0.25, 0.3) is 0 Å². The monoisotopic (exact) mass is 402 g/mol. The number of hydrogen-bond donors (Lipinski definition) is 1. The van der Waals surface area contributed by atoms with Crippen LogP contribution in [0.1, 0.15) is 105 Å². The Balaban J connectivity index is 1.51. The van der Waals surface area contributed by atoms with E-state index in [-0.39, 0.29) is 11.5 Å². The zero-order valence-corrected chi connectivity index (χ0v) is 19.8. The molecule has 4 aliphatic rings. The summed E-state index contributed by atoms with van der Waals surface area (Å²) in [5.74, 6) is 5.02. The van der Waals surface area contributed by atoms with Crippen LogP contribution in [0.2, 0.25) is 0 Å². The summed E-state index contributed by atoms with van der Waals surface area (Å²) >= 11 is 0. The number of fused-ring (bicyclic) bond motifs is 5. The Bertz CT molecular complexity index is 612. The van der Waals surface area contributed by atoms with Gasteiger partial charge in [-0.25, -0.2) is 0 Å². The molecule has 4 rings (SSSR count). The summed E-state index contributed by atoms with van der Waals surface area (Å²) in [4.78, 5) is 13.4. The van der Waals surface area contributed by atoms with Crippen molar-refractivity contribution in [1.29, 1.82) is 0 Å². The molecule has 0 aromatic rings. The molecule has 4 fully saturated rings. The fourth-order valence-electron chi connectivity index (χ4n) is 8.97. The maximum absolute atomic E-state index is 13.4. The van der Waals surface area contributed by atoms with Gasteiger partial charge in [0.15, 0.2) is 0 Å². The van der Waals surface area contributed by atoms with Crippen molar-refractivity contribution in [2.75, 3.05) is 0 Å². The first-order valence-electron chi connectivity index (χ1n) is 12.9. The van der Waals surface area contributed by atoms with E-state index in [1.165, 1.54) is 51.4 Å². The zero-order chi connectivity index (χ0) is 21.0. The first-order chi connectivity index (χ1) is 13.7. The SMILES string of the molecule is CC(C)CCC[C@@H](C)[C@H]1CC(=O)[C@@H]2[C@@H]3CC[C@H]4C[C@@H](O)CC[C@]4(C)[C@H]3CC[C@]12C. The first kappa shape index (κ1) is 21.8. The molecule has 166 valence electrons. The molecule has 0 amide bonds. The van der Waals surface area contributed by atoms with E-state index in [1.807, 2.05) is 0 Å². The highest BCUT2D eigenvalue weighted by atomic mass is 16.3. The Kier molecular flexibility index (Phi) is 5.99. The van der Waals surface area contributed by atoms with Crippen molar-refractivity contribution in [1.82, 2.24) is 0 Å². The molecule has 2 heteroatoms. The van der Waals surface area contributed by atoms with Gasteiger partial charge in [-0.1, -0.05) is 53.9 Å². The Morgan fingerprint density at radius 3 is 2.45 bits per heavy atom. The predicted octanol–water partition coefficient (Wildman–Crippen LogP) is 6.65. The summed E-state index contributed by atoms with van der Waals surface area (Å²) in [6.45, 7) is 12.1.